The number of ether oxygens (including phenoxy) is 1. The smallest absolute Gasteiger partial charge is 0.264 e. The molecule has 0 aromatic heterocycles. The highest BCUT2D eigenvalue weighted by Gasteiger charge is 2.27. The summed E-state index contributed by atoms with van der Waals surface area (Å²) in [5.74, 6) is 0.461. The van der Waals surface area contributed by atoms with Crippen molar-refractivity contribution in [2.24, 2.45) is 0 Å². The summed E-state index contributed by atoms with van der Waals surface area (Å²) in [5.41, 5.74) is 1.59. The number of carbonyl (C=O) groups excluding carboxylic acids is 1. The van der Waals surface area contributed by atoms with Gasteiger partial charge in [0.25, 0.3) is 5.91 Å². The van der Waals surface area contributed by atoms with Crippen molar-refractivity contribution in [3.63, 3.8) is 0 Å². The van der Waals surface area contributed by atoms with Gasteiger partial charge in [0.2, 0.25) is 10.0 Å². The van der Waals surface area contributed by atoms with Gasteiger partial charge in [-0.15, -0.1) is 0 Å². The molecule has 0 unspecified atom stereocenters. The van der Waals surface area contributed by atoms with Crippen LogP contribution in [0, 0.1) is 0 Å². The van der Waals surface area contributed by atoms with Crippen LogP contribution in [0.5, 0.6) is 5.75 Å². The number of hydrogen-bond donors (Lipinski definition) is 0. The molecule has 2 aromatic carbocycles. The molecule has 3 rings (SSSR count). The van der Waals surface area contributed by atoms with Crippen molar-refractivity contribution in [3.8, 4) is 5.75 Å². The zero-order valence-corrected chi connectivity index (χ0v) is 16.9. The lowest BCUT2D eigenvalue weighted by Crippen LogP contribution is -2.33. The molecule has 2 aromatic rings. The van der Waals surface area contributed by atoms with Crippen LogP contribution in [0.1, 0.15) is 5.56 Å². The number of carbonyl (C=O) groups is 1. The molecule has 0 saturated carbocycles. The van der Waals surface area contributed by atoms with Gasteiger partial charge in [-0.25, -0.2) is 12.7 Å². The minimum atomic E-state index is -3.48. The highest BCUT2D eigenvalue weighted by Crippen LogP contribution is 2.31. The maximum absolute atomic E-state index is 12.5. The van der Waals surface area contributed by atoms with E-state index >= 15 is 0 Å². The Bertz CT molecular complexity index is 927. The van der Waals surface area contributed by atoms with Crippen LogP contribution in [0.15, 0.2) is 51.8 Å². The number of benzene rings is 2. The van der Waals surface area contributed by atoms with Crippen molar-refractivity contribution in [1.82, 2.24) is 4.31 Å². The number of fused-ring (bicyclic) bond motifs is 1. The lowest BCUT2D eigenvalue weighted by molar-refractivity contribution is -0.120. The molecule has 0 spiro atoms. The van der Waals surface area contributed by atoms with E-state index in [4.69, 9.17) is 4.74 Å². The largest absolute Gasteiger partial charge is 0.484 e. The number of hydrogen-bond acceptors (Lipinski definition) is 4. The minimum absolute atomic E-state index is 0.0706. The first kappa shape index (κ1) is 18.9. The van der Waals surface area contributed by atoms with E-state index in [-0.39, 0.29) is 17.4 Å². The normalized spacial score (nSPS) is 13.8. The van der Waals surface area contributed by atoms with E-state index < -0.39 is 10.0 Å². The number of nitrogens with zero attached hydrogens (tertiary/aromatic N) is 2. The lowest BCUT2D eigenvalue weighted by Gasteiger charge is -2.18. The topological polar surface area (TPSA) is 66.9 Å². The summed E-state index contributed by atoms with van der Waals surface area (Å²) in [6, 6.07) is 12.1. The molecule has 0 fully saturated rings. The highest BCUT2D eigenvalue weighted by atomic mass is 79.9. The van der Waals surface area contributed by atoms with Gasteiger partial charge in [-0.05, 0) is 54.4 Å². The van der Waals surface area contributed by atoms with Crippen molar-refractivity contribution in [2.45, 2.75) is 11.3 Å². The molecule has 8 heteroatoms. The molecule has 1 aliphatic rings. The van der Waals surface area contributed by atoms with Crippen LogP contribution < -0.4 is 9.64 Å². The molecule has 0 atom stereocenters. The number of sulfonamides is 1. The molecule has 0 bridgehead atoms. The van der Waals surface area contributed by atoms with Gasteiger partial charge in [-0.1, -0.05) is 15.9 Å². The minimum Gasteiger partial charge on any atom is -0.484 e. The third-order valence-corrected chi connectivity index (χ3v) is 6.54. The quantitative estimate of drug-likeness (QED) is 0.719. The van der Waals surface area contributed by atoms with E-state index in [2.05, 4.69) is 15.9 Å². The second-order valence-corrected chi connectivity index (χ2v) is 9.18. The van der Waals surface area contributed by atoms with Crippen LogP contribution in [0.4, 0.5) is 5.69 Å². The first-order valence-electron chi connectivity index (χ1n) is 8.03. The Labute approximate surface area is 161 Å². The van der Waals surface area contributed by atoms with Crippen molar-refractivity contribution < 1.29 is 17.9 Å². The summed E-state index contributed by atoms with van der Waals surface area (Å²) in [5, 5.41) is 0. The first-order chi connectivity index (χ1) is 12.3. The van der Waals surface area contributed by atoms with Gasteiger partial charge in [0.05, 0.1) is 4.90 Å². The molecule has 1 amide bonds. The molecule has 1 heterocycles. The monoisotopic (exact) mass is 438 g/mol. The van der Waals surface area contributed by atoms with Gasteiger partial charge in [0.1, 0.15) is 5.75 Å². The molecule has 0 N–H and O–H groups in total. The average molecular weight is 439 g/mol. The number of rotatable bonds is 5. The summed E-state index contributed by atoms with van der Waals surface area (Å²) in [6.45, 7) is 0.447. The zero-order valence-electron chi connectivity index (χ0n) is 14.5. The predicted molar refractivity (Wildman–Crippen MR) is 103 cm³/mol. The van der Waals surface area contributed by atoms with Crippen LogP contribution in [-0.4, -0.2) is 45.9 Å². The van der Waals surface area contributed by atoms with Gasteiger partial charge >= 0.3 is 0 Å². The van der Waals surface area contributed by atoms with Crippen molar-refractivity contribution >= 4 is 37.5 Å². The standard InChI is InChI=1S/C18H19BrN2O4S/c1-20(2)26(23,24)16-7-8-17-13(11-16)9-10-21(17)18(22)12-25-15-5-3-14(19)4-6-15/h3-8,11H,9-10,12H2,1-2H3. The predicted octanol–water partition coefficient (Wildman–Crippen LogP) is 2.67. The molecule has 26 heavy (non-hydrogen) atoms. The van der Waals surface area contributed by atoms with Crippen LogP contribution in [0.2, 0.25) is 0 Å². The molecule has 0 radical (unpaired) electrons. The summed E-state index contributed by atoms with van der Waals surface area (Å²) in [4.78, 5) is 14.4. The fraction of sp³-hybridized carbons (Fsp3) is 0.278. The van der Waals surface area contributed by atoms with Crippen LogP contribution in [0.3, 0.4) is 0 Å². The molecule has 1 aliphatic heterocycles. The van der Waals surface area contributed by atoms with E-state index in [0.29, 0.717) is 18.7 Å². The van der Waals surface area contributed by atoms with E-state index in [9.17, 15) is 13.2 Å². The maximum atomic E-state index is 12.5. The van der Waals surface area contributed by atoms with Crippen molar-refractivity contribution in [2.75, 3.05) is 32.1 Å². The molecular weight excluding hydrogens is 420 g/mol. The molecule has 0 saturated heterocycles. The summed E-state index contributed by atoms with van der Waals surface area (Å²) in [7, 11) is -0.489. The third-order valence-electron chi connectivity index (χ3n) is 4.20. The SMILES string of the molecule is CN(C)S(=O)(=O)c1ccc2c(c1)CCN2C(=O)COc1ccc(Br)cc1. The number of halogens is 1. The highest BCUT2D eigenvalue weighted by molar-refractivity contribution is 9.10. The Morgan fingerprint density at radius 1 is 1.19 bits per heavy atom. The van der Waals surface area contributed by atoms with Gasteiger partial charge < -0.3 is 9.64 Å². The summed E-state index contributed by atoms with van der Waals surface area (Å²) >= 11 is 3.35. The number of anilines is 1. The summed E-state index contributed by atoms with van der Waals surface area (Å²) < 4.78 is 32.2. The maximum Gasteiger partial charge on any atom is 0.264 e. The molecular formula is C18H19BrN2O4S. The van der Waals surface area contributed by atoms with Gasteiger partial charge in [-0.2, -0.15) is 0 Å². The first-order valence-corrected chi connectivity index (χ1v) is 10.3. The Morgan fingerprint density at radius 2 is 1.88 bits per heavy atom. The van der Waals surface area contributed by atoms with Crippen molar-refractivity contribution in [1.29, 1.82) is 0 Å². The molecule has 0 aliphatic carbocycles. The fourth-order valence-corrected chi connectivity index (χ4v) is 3.98. The van der Waals surface area contributed by atoms with Gasteiger partial charge in [0, 0.05) is 30.8 Å². The van der Waals surface area contributed by atoms with Crippen LogP contribution in [0.25, 0.3) is 0 Å². The third kappa shape index (κ3) is 3.77. The van der Waals surface area contributed by atoms with E-state index in [1.807, 2.05) is 12.1 Å². The zero-order chi connectivity index (χ0) is 18.9. The van der Waals surface area contributed by atoms with E-state index in [1.54, 1.807) is 29.2 Å². The number of amides is 1. The molecule has 6 nitrogen and oxygen atoms in total. The second kappa shape index (κ2) is 7.38. The van der Waals surface area contributed by atoms with Gasteiger partial charge in [0.15, 0.2) is 6.61 Å². The van der Waals surface area contributed by atoms with Crippen LogP contribution in [-0.2, 0) is 21.2 Å². The van der Waals surface area contributed by atoms with E-state index in [1.165, 1.54) is 24.5 Å². The Kier molecular flexibility index (Phi) is 5.36. The van der Waals surface area contributed by atoms with Gasteiger partial charge in [-0.3, -0.25) is 4.79 Å². The fourth-order valence-electron chi connectivity index (χ4n) is 2.76. The second-order valence-electron chi connectivity index (χ2n) is 6.12. The van der Waals surface area contributed by atoms with Crippen molar-refractivity contribution in [3.05, 3.63) is 52.5 Å². The summed E-state index contributed by atoms with van der Waals surface area (Å²) in [6.07, 6.45) is 0.621. The lowest BCUT2D eigenvalue weighted by atomic mass is 10.2. The Hall–Kier alpha value is -1.90. The average Bonchev–Trinajstić information content (AvgIpc) is 3.04. The van der Waals surface area contributed by atoms with Crippen LogP contribution >= 0.6 is 15.9 Å². The Morgan fingerprint density at radius 3 is 2.54 bits per heavy atom. The molecule has 138 valence electrons. The van der Waals surface area contributed by atoms with E-state index in [0.717, 1.165) is 15.7 Å². The Balaban J connectivity index is 1.73.